The fourth-order valence-electron chi connectivity index (χ4n) is 2.39. The quantitative estimate of drug-likeness (QED) is 0.770. The standard InChI is InChI=1S/C12H16BrNOS/c1-8-4-3-5-9(2)14(8)12(15)10-6-11(13)16-7-10/h6-9H,3-5H2,1-2H3. The van der Waals surface area contributed by atoms with Crippen LogP contribution in [0.3, 0.4) is 0 Å². The van der Waals surface area contributed by atoms with Gasteiger partial charge in [0, 0.05) is 17.5 Å². The van der Waals surface area contributed by atoms with E-state index in [1.54, 1.807) is 11.3 Å². The third-order valence-corrected chi connectivity index (χ3v) is 4.75. The van der Waals surface area contributed by atoms with Crippen LogP contribution in [0.25, 0.3) is 0 Å². The Labute approximate surface area is 109 Å². The number of carbonyl (C=O) groups is 1. The Morgan fingerprint density at radius 3 is 2.56 bits per heavy atom. The number of thiophene rings is 1. The summed E-state index contributed by atoms with van der Waals surface area (Å²) in [5, 5.41) is 1.93. The molecule has 2 atom stereocenters. The molecule has 1 aliphatic rings. The van der Waals surface area contributed by atoms with Crippen LogP contribution in [0.4, 0.5) is 0 Å². The first-order chi connectivity index (χ1) is 7.59. The number of hydrogen-bond donors (Lipinski definition) is 0. The minimum Gasteiger partial charge on any atom is -0.333 e. The van der Waals surface area contributed by atoms with Gasteiger partial charge >= 0.3 is 0 Å². The molecule has 0 spiro atoms. The zero-order chi connectivity index (χ0) is 11.7. The van der Waals surface area contributed by atoms with Crippen molar-refractivity contribution in [2.75, 3.05) is 0 Å². The molecule has 1 amide bonds. The number of likely N-dealkylation sites (tertiary alicyclic amines) is 1. The van der Waals surface area contributed by atoms with E-state index in [4.69, 9.17) is 0 Å². The minimum absolute atomic E-state index is 0.182. The summed E-state index contributed by atoms with van der Waals surface area (Å²) < 4.78 is 1.02. The van der Waals surface area contributed by atoms with E-state index < -0.39 is 0 Å². The molecule has 1 aliphatic heterocycles. The Morgan fingerprint density at radius 2 is 2.06 bits per heavy atom. The van der Waals surface area contributed by atoms with Crippen LogP contribution in [0.15, 0.2) is 15.2 Å². The van der Waals surface area contributed by atoms with E-state index in [2.05, 4.69) is 29.8 Å². The van der Waals surface area contributed by atoms with Gasteiger partial charge in [0.1, 0.15) is 0 Å². The molecule has 1 aromatic rings. The van der Waals surface area contributed by atoms with Gasteiger partial charge in [0.15, 0.2) is 0 Å². The Kier molecular flexibility index (Phi) is 3.70. The number of nitrogens with zero attached hydrogens (tertiary/aromatic N) is 1. The van der Waals surface area contributed by atoms with Crippen LogP contribution in [-0.4, -0.2) is 22.9 Å². The summed E-state index contributed by atoms with van der Waals surface area (Å²) in [6.07, 6.45) is 3.49. The molecule has 88 valence electrons. The lowest BCUT2D eigenvalue weighted by molar-refractivity contribution is 0.0511. The van der Waals surface area contributed by atoms with Gasteiger partial charge in [-0.1, -0.05) is 0 Å². The van der Waals surface area contributed by atoms with Crippen molar-refractivity contribution >= 4 is 33.2 Å². The van der Waals surface area contributed by atoms with Gasteiger partial charge < -0.3 is 4.90 Å². The van der Waals surface area contributed by atoms with E-state index in [1.165, 1.54) is 6.42 Å². The van der Waals surface area contributed by atoms with E-state index in [0.29, 0.717) is 12.1 Å². The molecule has 0 aliphatic carbocycles. The van der Waals surface area contributed by atoms with Gasteiger partial charge in [-0.05, 0) is 55.1 Å². The first kappa shape index (κ1) is 12.1. The maximum atomic E-state index is 12.3. The normalized spacial score (nSPS) is 25.8. The first-order valence-corrected chi connectivity index (χ1v) is 7.33. The summed E-state index contributed by atoms with van der Waals surface area (Å²) in [6, 6.07) is 2.66. The molecule has 1 saturated heterocycles. The minimum atomic E-state index is 0.182. The molecule has 2 heterocycles. The second kappa shape index (κ2) is 4.88. The average molecular weight is 302 g/mol. The Balaban J connectivity index is 2.19. The van der Waals surface area contributed by atoms with E-state index in [0.717, 1.165) is 22.2 Å². The van der Waals surface area contributed by atoms with Gasteiger partial charge in [0.2, 0.25) is 0 Å². The smallest absolute Gasteiger partial charge is 0.255 e. The summed E-state index contributed by atoms with van der Waals surface area (Å²) in [4.78, 5) is 14.4. The van der Waals surface area contributed by atoms with Gasteiger partial charge in [0.05, 0.1) is 9.35 Å². The average Bonchev–Trinajstić information content (AvgIpc) is 2.64. The predicted octanol–water partition coefficient (Wildman–Crippen LogP) is 3.91. The Bertz CT molecular complexity index is 380. The number of carbonyl (C=O) groups excluding carboxylic acids is 1. The molecule has 0 radical (unpaired) electrons. The van der Waals surface area contributed by atoms with E-state index in [9.17, 15) is 4.79 Å². The van der Waals surface area contributed by atoms with Crippen LogP contribution in [-0.2, 0) is 0 Å². The van der Waals surface area contributed by atoms with Crippen molar-refractivity contribution in [3.8, 4) is 0 Å². The summed E-state index contributed by atoms with van der Waals surface area (Å²) in [5.74, 6) is 0.182. The fourth-order valence-corrected chi connectivity index (χ4v) is 3.52. The van der Waals surface area contributed by atoms with Crippen LogP contribution in [0.1, 0.15) is 43.5 Å². The molecule has 4 heteroatoms. The number of hydrogen-bond acceptors (Lipinski definition) is 2. The third-order valence-electron chi connectivity index (χ3n) is 3.24. The Hall–Kier alpha value is -0.350. The van der Waals surface area contributed by atoms with E-state index in [1.807, 2.05) is 16.3 Å². The molecule has 1 aromatic heterocycles. The largest absolute Gasteiger partial charge is 0.333 e. The van der Waals surface area contributed by atoms with Crippen LogP contribution < -0.4 is 0 Å². The second-order valence-corrected chi connectivity index (χ2v) is 6.77. The predicted molar refractivity (Wildman–Crippen MR) is 71.0 cm³/mol. The van der Waals surface area contributed by atoms with E-state index in [-0.39, 0.29) is 5.91 Å². The first-order valence-electron chi connectivity index (χ1n) is 5.66. The number of halogens is 1. The molecule has 0 aromatic carbocycles. The van der Waals surface area contributed by atoms with Gasteiger partial charge in [-0.15, -0.1) is 11.3 Å². The third kappa shape index (κ3) is 2.33. The zero-order valence-corrected chi connectivity index (χ0v) is 12.0. The van der Waals surface area contributed by atoms with Gasteiger partial charge in [0.25, 0.3) is 5.91 Å². The summed E-state index contributed by atoms with van der Waals surface area (Å²) in [7, 11) is 0. The highest BCUT2D eigenvalue weighted by Gasteiger charge is 2.29. The molecule has 0 N–H and O–H groups in total. The van der Waals surface area contributed by atoms with E-state index >= 15 is 0 Å². The highest BCUT2D eigenvalue weighted by molar-refractivity contribution is 9.11. The molecule has 0 bridgehead atoms. The number of rotatable bonds is 1. The number of piperidine rings is 1. The molecule has 2 unspecified atom stereocenters. The van der Waals surface area contributed by atoms with Crippen LogP contribution in [0.5, 0.6) is 0 Å². The molecule has 2 nitrogen and oxygen atoms in total. The van der Waals surface area contributed by atoms with Gasteiger partial charge in [-0.25, -0.2) is 0 Å². The van der Waals surface area contributed by atoms with Crippen molar-refractivity contribution in [3.63, 3.8) is 0 Å². The summed E-state index contributed by atoms with van der Waals surface area (Å²) >= 11 is 4.97. The van der Waals surface area contributed by atoms with Crippen molar-refractivity contribution in [1.82, 2.24) is 4.90 Å². The lowest BCUT2D eigenvalue weighted by atomic mass is 9.97. The maximum Gasteiger partial charge on any atom is 0.255 e. The SMILES string of the molecule is CC1CCCC(C)N1C(=O)c1csc(Br)c1. The summed E-state index contributed by atoms with van der Waals surface area (Å²) in [5.41, 5.74) is 0.817. The molecule has 2 rings (SSSR count). The second-order valence-electron chi connectivity index (χ2n) is 4.48. The maximum absolute atomic E-state index is 12.3. The van der Waals surface area contributed by atoms with Crippen LogP contribution >= 0.6 is 27.3 Å². The van der Waals surface area contributed by atoms with Crippen molar-refractivity contribution in [3.05, 3.63) is 20.8 Å². The molecular weight excluding hydrogens is 286 g/mol. The van der Waals surface area contributed by atoms with Crippen molar-refractivity contribution in [2.45, 2.75) is 45.2 Å². The van der Waals surface area contributed by atoms with Crippen molar-refractivity contribution in [1.29, 1.82) is 0 Å². The number of amides is 1. The highest BCUT2D eigenvalue weighted by atomic mass is 79.9. The molecular formula is C12H16BrNOS. The summed E-state index contributed by atoms with van der Waals surface area (Å²) in [6.45, 7) is 4.30. The van der Waals surface area contributed by atoms with Gasteiger partial charge in [-0.3, -0.25) is 4.79 Å². The zero-order valence-electron chi connectivity index (χ0n) is 9.57. The molecule has 16 heavy (non-hydrogen) atoms. The fraction of sp³-hybridized carbons (Fsp3) is 0.583. The Morgan fingerprint density at radius 1 is 1.44 bits per heavy atom. The van der Waals surface area contributed by atoms with Crippen molar-refractivity contribution < 1.29 is 4.79 Å². The molecule has 0 saturated carbocycles. The van der Waals surface area contributed by atoms with Crippen LogP contribution in [0.2, 0.25) is 0 Å². The van der Waals surface area contributed by atoms with Crippen LogP contribution in [0, 0.1) is 0 Å². The van der Waals surface area contributed by atoms with Crippen molar-refractivity contribution in [2.24, 2.45) is 0 Å². The lowest BCUT2D eigenvalue weighted by Crippen LogP contribution is -2.47. The molecule has 1 fully saturated rings. The van der Waals surface area contributed by atoms with Gasteiger partial charge in [-0.2, -0.15) is 0 Å². The topological polar surface area (TPSA) is 20.3 Å². The monoisotopic (exact) mass is 301 g/mol. The lowest BCUT2D eigenvalue weighted by Gasteiger charge is -2.38. The highest BCUT2D eigenvalue weighted by Crippen LogP contribution is 2.27.